The lowest BCUT2D eigenvalue weighted by Gasteiger charge is -2.22. The van der Waals surface area contributed by atoms with Gasteiger partial charge in [0.15, 0.2) is 0 Å². The van der Waals surface area contributed by atoms with Crippen LogP contribution in [0.3, 0.4) is 0 Å². The molecule has 1 aliphatic rings. The molecule has 1 rings (SSSR count). The average molecular weight is 143 g/mol. The molecule has 2 atom stereocenters. The highest BCUT2D eigenvalue weighted by Crippen LogP contribution is 2.36. The molecule has 0 aromatic carbocycles. The average Bonchev–Trinajstić information content (AvgIpc) is 2.15. The third-order valence-corrected chi connectivity index (χ3v) is 2.52. The Morgan fingerprint density at radius 3 is 2.60 bits per heavy atom. The zero-order chi connectivity index (χ0) is 7.78. The van der Waals surface area contributed by atoms with Crippen molar-refractivity contribution in [1.29, 1.82) is 0 Å². The number of hydrogen-bond donors (Lipinski definition) is 2. The fourth-order valence-electron chi connectivity index (χ4n) is 1.46. The smallest absolute Gasteiger partial charge is 0.310 e. The molecule has 0 aromatic rings. The molecule has 0 radical (unpaired) electrons. The van der Waals surface area contributed by atoms with E-state index in [2.05, 4.69) is 0 Å². The third-order valence-electron chi connectivity index (χ3n) is 2.52. The van der Waals surface area contributed by atoms with Crippen molar-refractivity contribution in [2.24, 2.45) is 11.1 Å². The number of aliphatic carboxylic acids is 1. The Bertz CT molecular complexity index is 158. The number of rotatable bonds is 1. The standard InChI is InChI=1S/C7H13NO2/c1-7(6(9)10)4-2-3-5(7)8/h5H,2-4,8H2,1H3,(H,9,10)/t5-,7-/m1/s1. The van der Waals surface area contributed by atoms with E-state index in [1.807, 2.05) is 0 Å². The first-order chi connectivity index (χ1) is 4.57. The quantitative estimate of drug-likeness (QED) is 0.564. The van der Waals surface area contributed by atoms with E-state index in [1.165, 1.54) is 0 Å². The van der Waals surface area contributed by atoms with Crippen molar-refractivity contribution >= 4 is 5.97 Å². The SMILES string of the molecule is C[C@@]1(C(=O)O)CCC[C@H]1N. The summed E-state index contributed by atoms with van der Waals surface area (Å²) in [5, 5.41) is 8.76. The highest BCUT2D eigenvalue weighted by atomic mass is 16.4. The second-order valence-electron chi connectivity index (χ2n) is 3.22. The van der Waals surface area contributed by atoms with E-state index in [0.717, 1.165) is 19.3 Å². The third kappa shape index (κ3) is 0.904. The summed E-state index contributed by atoms with van der Waals surface area (Å²) in [5.41, 5.74) is 4.98. The normalized spacial score (nSPS) is 40.0. The van der Waals surface area contributed by atoms with Gasteiger partial charge in [0, 0.05) is 6.04 Å². The fraction of sp³-hybridized carbons (Fsp3) is 0.857. The lowest BCUT2D eigenvalue weighted by Crippen LogP contribution is -2.40. The molecule has 3 nitrogen and oxygen atoms in total. The van der Waals surface area contributed by atoms with Crippen LogP contribution in [0.25, 0.3) is 0 Å². The molecule has 1 fully saturated rings. The molecule has 0 unspecified atom stereocenters. The first-order valence-electron chi connectivity index (χ1n) is 3.56. The maximum absolute atomic E-state index is 10.7. The highest BCUT2D eigenvalue weighted by molar-refractivity contribution is 5.75. The van der Waals surface area contributed by atoms with Gasteiger partial charge in [0.2, 0.25) is 0 Å². The molecule has 10 heavy (non-hydrogen) atoms. The number of carboxylic acids is 1. The predicted molar refractivity (Wildman–Crippen MR) is 37.6 cm³/mol. The van der Waals surface area contributed by atoms with Crippen LogP contribution in [0.5, 0.6) is 0 Å². The molecule has 3 N–H and O–H groups in total. The molecule has 0 amide bonds. The molecule has 0 aliphatic heterocycles. The van der Waals surface area contributed by atoms with Gasteiger partial charge in [-0.15, -0.1) is 0 Å². The first kappa shape index (κ1) is 7.54. The Morgan fingerprint density at radius 1 is 1.80 bits per heavy atom. The van der Waals surface area contributed by atoms with Gasteiger partial charge in [-0.05, 0) is 19.8 Å². The largest absolute Gasteiger partial charge is 0.481 e. The summed E-state index contributed by atoms with van der Waals surface area (Å²) in [4.78, 5) is 10.7. The van der Waals surface area contributed by atoms with Gasteiger partial charge in [-0.3, -0.25) is 4.79 Å². The lowest BCUT2D eigenvalue weighted by atomic mass is 9.86. The maximum Gasteiger partial charge on any atom is 0.310 e. The van der Waals surface area contributed by atoms with Crippen LogP contribution in [-0.4, -0.2) is 17.1 Å². The van der Waals surface area contributed by atoms with Crippen LogP contribution in [0.4, 0.5) is 0 Å². The van der Waals surface area contributed by atoms with Gasteiger partial charge < -0.3 is 10.8 Å². The summed E-state index contributed by atoms with van der Waals surface area (Å²) >= 11 is 0. The summed E-state index contributed by atoms with van der Waals surface area (Å²) in [6.07, 6.45) is 2.52. The molecular formula is C7H13NO2. The number of nitrogens with two attached hydrogens (primary N) is 1. The second-order valence-corrected chi connectivity index (χ2v) is 3.22. The Balaban J connectivity index is 2.75. The Kier molecular flexibility index (Phi) is 1.68. The van der Waals surface area contributed by atoms with Crippen LogP contribution in [-0.2, 0) is 4.79 Å². The van der Waals surface area contributed by atoms with E-state index in [9.17, 15) is 4.79 Å². The molecule has 1 aliphatic carbocycles. The molecule has 0 bridgehead atoms. The van der Waals surface area contributed by atoms with Gasteiger partial charge in [0.1, 0.15) is 0 Å². The van der Waals surface area contributed by atoms with Gasteiger partial charge in [-0.1, -0.05) is 6.42 Å². The minimum Gasteiger partial charge on any atom is -0.481 e. The van der Waals surface area contributed by atoms with Gasteiger partial charge in [-0.2, -0.15) is 0 Å². The second kappa shape index (κ2) is 2.23. The number of hydrogen-bond acceptors (Lipinski definition) is 2. The summed E-state index contributed by atoms with van der Waals surface area (Å²) in [6.45, 7) is 1.73. The van der Waals surface area contributed by atoms with Gasteiger partial charge >= 0.3 is 5.97 Å². The molecule has 1 saturated carbocycles. The predicted octanol–water partition coefficient (Wildman–Crippen LogP) is 0.589. The van der Waals surface area contributed by atoms with Crippen LogP contribution in [0, 0.1) is 5.41 Å². The van der Waals surface area contributed by atoms with Crippen molar-refractivity contribution in [3.05, 3.63) is 0 Å². The Labute approximate surface area is 60.2 Å². The molecule has 0 spiro atoms. The lowest BCUT2D eigenvalue weighted by molar-refractivity contribution is -0.148. The monoisotopic (exact) mass is 143 g/mol. The summed E-state index contributed by atoms with van der Waals surface area (Å²) < 4.78 is 0. The van der Waals surface area contributed by atoms with Crippen molar-refractivity contribution in [2.75, 3.05) is 0 Å². The minimum atomic E-state index is -0.752. The number of carbonyl (C=O) groups is 1. The zero-order valence-electron chi connectivity index (χ0n) is 6.13. The Morgan fingerprint density at radius 2 is 2.40 bits per heavy atom. The minimum absolute atomic E-state index is 0.148. The van der Waals surface area contributed by atoms with Crippen molar-refractivity contribution in [2.45, 2.75) is 32.2 Å². The van der Waals surface area contributed by atoms with Crippen LogP contribution in [0.1, 0.15) is 26.2 Å². The van der Waals surface area contributed by atoms with E-state index < -0.39 is 11.4 Å². The van der Waals surface area contributed by atoms with E-state index >= 15 is 0 Å². The van der Waals surface area contributed by atoms with Crippen molar-refractivity contribution in [1.82, 2.24) is 0 Å². The van der Waals surface area contributed by atoms with E-state index in [-0.39, 0.29) is 6.04 Å². The molecule has 58 valence electrons. The zero-order valence-corrected chi connectivity index (χ0v) is 6.13. The number of carboxylic acid groups (broad SMARTS) is 1. The topological polar surface area (TPSA) is 63.3 Å². The van der Waals surface area contributed by atoms with Crippen LogP contribution >= 0.6 is 0 Å². The van der Waals surface area contributed by atoms with Crippen LogP contribution in [0.15, 0.2) is 0 Å². The fourth-order valence-corrected chi connectivity index (χ4v) is 1.46. The molecular weight excluding hydrogens is 130 g/mol. The van der Waals surface area contributed by atoms with E-state index in [4.69, 9.17) is 10.8 Å². The van der Waals surface area contributed by atoms with E-state index in [0.29, 0.717) is 0 Å². The highest BCUT2D eigenvalue weighted by Gasteiger charge is 2.42. The summed E-state index contributed by atoms with van der Waals surface area (Å²) in [6, 6.07) is -0.148. The van der Waals surface area contributed by atoms with Crippen molar-refractivity contribution in [3.63, 3.8) is 0 Å². The summed E-state index contributed by atoms with van der Waals surface area (Å²) in [5.74, 6) is -0.752. The molecule has 0 heterocycles. The summed E-state index contributed by atoms with van der Waals surface area (Å²) in [7, 11) is 0. The molecule has 0 aromatic heterocycles. The van der Waals surface area contributed by atoms with Gasteiger partial charge in [-0.25, -0.2) is 0 Å². The first-order valence-corrected chi connectivity index (χ1v) is 3.56. The van der Waals surface area contributed by atoms with Crippen LogP contribution in [0.2, 0.25) is 0 Å². The molecule has 3 heteroatoms. The van der Waals surface area contributed by atoms with Gasteiger partial charge in [0.05, 0.1) is 5.41 Å². The van der Waals surface area contributed by atoms with Crippen molar-refractivity contribution < 1.29 is 9.90 Å². The maximum atomic E-state index is 10.7. The van der Waals surface area contributed by atoms with Crippen LogP contribution < -0.4 is 5.73 Å². The van der Waals surface area contributed by atoms with E-state index in [1.54, 1.807) is 6.92 Å². The molecule has 0 saturated heterocycles. The van der Waals surface area contributed by atoms with Gasteiger partial charge in [0.25, 0.3) is 0 Å². The Hall–Kier alpha value is -0.570. The van der Waals surface area contributed by atoms with Crippen molar-refractivity contribution in [3.8, 4) is 0 Å².